The number of nitrogens with one attached hydrogen (secondary N) is 1. The summed E-state index contributed by atoms with van der Waals surface area (Å²) < 4.78 is 0. The summed E-state index contributed by atoms with van der Waals surface area (Å²) in [5.74, 6) is 0.371. The lowest BCUT2D eigenvalue weighted by Gasteiger charge is -2.33. The fourth-order valence-corrected chi connectivity index (χ4v) is 2.86. The summed E-state index contributed by atoms with van der Waals surface area (Å²) in [5.41, 5.74) is 1.33. The minimum absolute atomic E-state index is 0.340. The smallest absolute Gasteiger partial charge is 0.335 e. The molecule has 120 valence electrons. The van der Waals surface area contributed by atoms with Gasteiger partial charge in [-0.25, -0.2) is 14.8 Å². The average Bonchev–Trinajstić information content (AvgIpc) is 2.61. The van der Waals surface area contributed by atoms with Crippen LogP contribution in [0.15, 0.2) is 42.7 Å². The number of nitrogens with zero attached hydrogens (tertiary/aromatic N) is 3. The second kappa shape index (κ2) is 7.09. The van der Waals surface area contributed by atoms with Gasteiger partial charge >= 0.3 is 5.97 Å². The van der Waals surface area contributed by atoms with Gasteiger partial charge in [-0.2, -0.15) is 0 Å². The van der Waals surface area contributed by atoms with Crippen LogP contribution in [0.3, 0.4) is 0 Å². The first-order chi connectivity index (χ1) is 11.2. The molecule has 1 fully saturated rings. The summed E-state index contributed by atoms with van der Waals surface area (Å²) in [6.07, 6.45) is 5.59. The van der Waals surface area contributed by atoms with E-state index in [4.69, 9.17) is 5.11 Å². The molecule has 6 nitrogen and oxygen atoms in total. The van der Waals surface area contributed by atoms with Crippen LogP contribution in [0.5, 0.6) is 0 Å². The number of rotatable bonds is 5. The van der Waals surface area contributed by atoms with Crippen molar-refractivity contribution in [3.63, 3.8) is 0 Å². The Morgan fingerprint density at radius 3 is 2.65 bits per heavy atom. The number of anilines is 2. The largest absolute Gasteiger partial charge is 0.478 e. The van der Waals surface area contributed by atoms with Crippen LogP contribution < -0.4 is 10.2 Å². The van der Waals surface area contributed by atoms with E-state index in [2.05, 4.69) is 20.2 Å². The third-order valence-corrected chi connectivity index (χ3v) is 4.19. The number of aromatic carboxylic acids is 1. The van der Waals surface area contributed by atoms with Crippen LogP contribution in [0, 0.1) is 5.92 Å². The van der Waals surface area contributed by atoms with E-state index in [1.807, 2.05) is 6.07 Å². The van der Waals surface area contributed by atoms with Crippen molar-refractivity contribution in [2.45, 2.75) is 12.8 Å². The van der Waals surface area contributed by atoms with Crippen molar-refractivity contribution in [3.05, 3.63) is 48.3 Å². The SMILES string of the molecule is O=C(O)c1cccc(N2CCC(CNc3ncccn3)CC2)c1. The average molecular weight is 312 g/mol. The number of hydrogen-bond donors (Lipinski definition) is 2. The van der Waals surface area contributed by atoms with Crippen molar-refractivity contribution >= 4 is 17.6 Å². The van der Waals surface area contributed by atoms with Crippen LogP contribution in [0.1, 0.15) is 23.2 Å². The molecule has 1 saturated heterocycles. The van der Waals surface area contributed by atoms with E-state index in [-0.39, 0.29) is 0 Å². The maximum atomic E-state index is 11.1. The number of carboxylic acids is 1. The minimum Gasteiger partial charge on any atom is -0.478 e. The molecule has 1 aromatic heterocycles. The quantitative estimate of drug-likeness (QED) is 0.883. The van der Waals surface area contributed by atoms with E-state index in [1.165, 1.54) is 0 Å². The van der Waals surface area contributed by atoms with Gasteiger partial charge < -0.3 is 15.3 Å². The molecule has 0 saturated carbocycles. The predicted octanol–water partition coefficient (Wildman–Crippen LogP) is 2.50. The predicted molar refractivity (Wildman–Crippen MR) is 88.9 cm³/mol. The molecule has 2 aromatic rings. The highest BCUT2D eigenvalue weighted by atomic mass is 16.4. The Bertz CT molecular complexity index is 655. The Morgan fingerprint density at radius 2 is 1.96 bits per heavy atom. The first kappa shape index (κ1) is 15.3. The standard InChI is InChI=1S/C17H20N4O2/c22-16(23)14-3-1-4-15(11-14)21-9-5-13(6-10-21)12-20-17-18-7-2-8-19-17/h1-4,7-8,11,13H,5-6,9-10,12H2,(H,22,23)(H,18,19,20). The second-order valence-electron chi connectivity index (χ2n) is 5.74. The van der Waals surface area contributed by atoms with Gasteiger partial charge in [-0.15, -0.1) is 0 Å². The molecule has 6 heteroatoms. The summed E-state index contributed by atoms with van der Waals surface area (Å²) in [5, 5.41) is 12.4. The molecule has 1 aromatic carbocycles. The molecule has 2 N–H and O–H groups in total. The molecule has 2 heterocycles. The highest BCUT2D eigenvalue weighted by Gasteiger charge is 2.20. The maximum absolute atomic E-state index is 11.1. The molecule has 0 atom stereocenters. The number of benzene rings is 1. The van der Waals surface area contributed by atoms with Crippen LogP contribution in [0.4, 0.5) is 11.6 Å². The number of aromatic nitrogens is 2. The zero-order valence-corrected chi connectivity index (χ0v) is 12.9. The zero-order valence-electron chi connectivity index (χ0n) is 12.9. The highest BCUT2D eigenvalue weighted by molar-refractivity contribution is 5.88. The normalized spacial score (nSPS) is 15.4. The summed E-state index contributed by atoms with van der Waals surface area (Å²) in [7, 11) is 0. The van der Waals surface area contributed by atoms with Gasteiger partial charge in [-0.05, 0) is 43.0 Å². The Kier molecular flexibility index (Phi) is 4.71. The molecular weight excluding hydrogens is 292 g/mol. The van der Waals surface area contributed by atoms with Crippen molar-refractivity contribution in [1.29, 1.82) is 0 Å². The van der Waals surface area contributed by atoms with E-state index >= 15 is 0 Å². The van der Waals surface area contributed by atoms with Crippen molar-refractivity contribution < 1.29 is 9.90 Å². The first-order valence-corrected chi connectivity index (χ1v) is 7.81. The van der Waals surface area contributed by atoms with E-state index in [0.29, 0.717) is 17.4 Å². The molecule has 0 amide bonds. The van der Waals surface area contributed by atoms with Crippen molar-refractivity contribution in [3.8, 4) is 0 Å². The third kappa shape index (κ3) is 3.97. The first-order valence-electron chi connectivity index (χ1n) is 7.81. The van der Waals surface area contributed by atoms with Gasteiger partial charge in [-0.3, -0.25) is 0 Å². The van der Waals surface area contributed by atoms with Gasteiger partial charge in [0.15, 0.2) is 0 Å². The minimum atomic E-state index is -0.881. The number of carboxylic acid groups (broad SMARTS) is 1. The molecular formula is C17H20N4O2. The van der Waals surface area contributed by atoms with Crippen molar-refractivity contribution in [1.82, 2.24) is 9.97 Å². The molecule has 0 spiro atoms. The Hall–Kier alpha value is -2.63. The van der Waals surface area contributed by atoms with Gasteiger partial charge in [0.25, 0.3) is 0 Å². The third-order valence-electron chi connectivity index (χ3n) is 4.19. The van der Waals surface area contributed by atoms with Crippen molar-refractivity contribution in [2.75, 3.05) is 29.9 Å². The molecule has 1 aliphatic heterocycles. The van der Waals surface area contributed by atoms with Crippen LogP contribution in [0.25, 0.3) is 0 Å². The van der Waals surface area contributed by atoms with Crippen LogP contribution >= 0.6 is 0 Å². The van der Waals surface area contributed by atoms with Crippen LogP contribution in [-0.4, -0.2) is 40.7 Å². The lowest BCUT2D eigenvalue weighted by atomic mass is 9.96. The van der Waals surface area contributed by atoms with Crippen molar-refractivity contribution in [2.24, 2.45) is 5.92 Å². The fraction of sp³-hybridized carbons (Fsp3) is 0.353. The van der Waals surface area contributed by atoms with Gasteiger partial charge in [0, 0.05) is 37.7 Å². The fourth-order valence-electron chi connectivity index (χ4n) is 2.86. The van der Waals surface area contributed by atoms with Gasteiger partial charge in [-0.1, -0.05) is 6.07 Å². The van der Waals surface area contributed by atoms with Gasteiger partial charge in [0.2, 0.25) is 5.95 Å². The molecule has 0 unspecified atom stereocenters. The van der Waals surface area contributed by atoms with Crippen LogP contribution in [-0.2, 0) is 0 Å². The molecule has 0 radical (unpaired) electrons. The van der Waals surface area contributed by atoms with E-state index in [9.17, 15) is 4.79 Å². The topological polar surface area (TPSA) is 78.4 Å². The molecule has 23 heavy (non-hydrogen) atoms. The Labute approximate surface area is 135 Å². The lowest BCUT2D eigenvalue weighted by molar-refractivity contribution is 0.0697. The highest BCUT2D eigenvalue weighted by Crippen LogP contribution is 2.24. The molecule has 1 aliphatic rings. The second-order valence-corrected chi connectivity index (χ2v) is 5.74. The summed E-state index contributed by atoms with van der Waals surface area (Å²) in [6.45, 7) is 2.74. The Balaban J connectivity index is 1.52. The zero-order chi connectivity index (χ0) is 16.1. The number of hydrogen-bond acceptors (Lipinski definition) is 5. The molecule has 0 bridgehead atoms. The van der Waals surface area contributed by atoms with E-state index in [1.54, 1.807) is 36.7 Å². The van der Waals surface area contributed by atoms with Gasteiger partial charge in [0.1, 0.15) is 0 Å². The monoisotopic (exact) mass is 312 g/mol. The van der Waals surface area contributed by atoms with E-state index in [0.717, 1.165) is 38.2 Å². The number of carbonyl (C=O) groups is 1. The summed E-state index contributed by atoms with van der Waals surface area (Å²) in [4.78, 5) is 21.6. The molecule has 3 rings (SSSR count). The van der Waals surface area contributed by atoms with Gasteiger partial charge in [0.05, 0.1) is 5.56 Å². The number of piperidine rings is 1. The summed E-state index contributed by atoms with van der Waals surface area (Å²) >= 11 is 0. The summed E-state index contributed by atoms with van der Waals surface area (Å²) in [6, 6.07) is 8.96. The van der Waals surface area contributed by atoms with Crippen LogP contribution in [0.2, 0.25) is 0 Å². The maximum Gasteiger partial charge on any atom is 0.335 e. The molecule has 0 aliphatic carbocycles. The lowest BCUT2D eigenvalue weighted by Crippen LogP contribution is -2.36. The van der Waals surface area contributed by atoms with E-state index < -0.39 is 5.97 Å². The Morgan fingerprint density at radius 1 is 1.22 bits per heavy atom.